The van der Waals surface area contributed by atoms with Crippen molar-refractivity contribution < 1.29 is 13.9 Å². The number of carbonyl (C=O) groups is 1. The normalized spacial score (nSPS) is 8.67. The Morgan fingerprint density at radius 3 is 3.07 bits per heavy atom. The van der Waals surface area contributed by atoms with Gasteiger partial charge in [0.2, 0.25) is 0 Å². The third kappa shape index (κ3) is 4.14. The van der Waals surface area contributed by atoms with Crippen LogP contribution in [0, 0.1) is 17.7 Å². The maximum Gasteiger partial charge on any atom is 0.384 e. The van der Waals surface area contributed by atoms with E-state index in [1.165, 1.54) is 19.2 Å². The monoisotopic (exact) mass is 207 g/mol. The maximum absolute atomic E-state index is 12.7. The molecule has 4 heteroatoms. The van der Waals surface area contributed by atoms with E-state index in [4.69, 9.17) is 0 Å². The zero-order chi connectivity index (χ0) is 11.1. The number of esters is 1. The lowest BCUT2D eigenvalue weighted by atomic mass is 10.3. The number of nitrogens with one attached hydrogen (secondary N) is 1. The number of carbonyl (C=O) groups excluding carboxylic acids is 1. The molecule has 1 N–H and O–H groups in total. The van der Waals surface area contributed by atoms with E-state index >= 15 is 0 Å². The summed E-state index contributed by atoms with van der Waals surface area (Å²) in [4.78, 5) is 10.6. The molecule has 0 saturated heterocycles. The fourth-order valence-corrected chi connectivity index (χ4v) is 0.912. The molecule has 0 aromatic heterocycles. The van der Waals surface area contributed by atoms with Crippen LogP contribution >= 0.6 is 0 Å². The summed E-state index contributed by atoms with van der Waals surface area (Å²) < 4.78 is 17.0. The molecular weight excluding hydrogens is 197 g/mol. The molecule has 0 heterocycles. The van der Waals surface area contributed by atoms with Crippen LogP contribution in [0.15, 0.2) is 24.3 Å². The molecule has 78 valence electrons. The number of hydrogen-bond donors (Lipinski definition) is 1. The highest BCUT2D eigenvalue weighted by molar-refractivity contribution is 5.88. The van der Waals surface area contributed by atoms with Gasteiger partial charge in [0.25, 0.3) is 0 Å². The highest BCUT2D eigenvalue weighted by Crippen LogP contribution is 2.07. The molecule has 0 aliphatic carbocycles. The van der Waals surface area contributed by atoms with E-state index in [1.54, 1.807) is 12.1 Å². The van der Waals surface area contributed by atoms with Gasteiger partial charge in [0.1, 0.15) is 5.82 Å². The third-order valence-corrected chi connectivity index (χ3v) is 1.58. The second-order valence-electron chi connectivity index (χ2n) is 2.66. The standard InChI is InChI=1S/C11H10FNO2/c1-15-11(14)6-3-7-13-10-5-2-4-9(12)8-10/h2,4-5,8,13H,7H2,1H3. The second-order valence-corrected chi connectivity index (χ2v) is 2.66. The molecule has 0 saturated carbocycles. The summed E-state index contributed by atoms with van der Waals surface area (Å²) in [5.41, 5.74) is 0.620. The van der Waals surface area contributed by atoms with Crippen LogP contribution in [0.4, 0.5) is 10.1 Å². The number of hydrogen-bond acceptors (Lipinski definition) is 3. The molecule has 0 fully saturated rings. The Kier molecular flexibility index (Phi) is 4.17. The van der Waals surface area contributed by atoms with Gasteiger partial charge in [-0.2, -0.15) is 0 Å². The average molecular weight is 207 g/mol. The Balaban J connectivity index is 2.43. The first-order valence-corrected chi connectivity index (χ1v) is 4.28. The fraction of sp³-hybridized carbons (Fsp3) is 0.182. The zero-order valence-corrected chi connectivity index (χ0v) is 8.21. The van der Waals surface area contributed by atoms with Crippen molar-refractivity contribution in [1.29, 1.82) is 0 Å². The lowest BCUT2D eigenvalue weighted by Gasteiger charge is -2.00. The molecule has 1 aromatic carbocycles. The van der Waals surface area contributed by atoms with Crippen LogP contribution in [-0.4, -0.2) is 19.6 Å². The molecule has 15 heavy (non-hydrogen) atoms. The van der Waals surface area contributed by atoms with Crippen molar-refractivity contribution in [3.63, 3.8) is 0 Å². The summed E-state index contributed by atoms with van der Waals surface area (Å²) in [6.45, 7) is 0.262. The molecule has 3 nitrogen and oxygen atoms in total. The molecule has 0 radical (unpaired) electrons. The van der Waals surface area contributed by atoms with Gasteiger partial charge in [-0.15, -0.1) is 0 Å². The molecule has 0 unspecified atom stereocenters. The smallest absolute Gasteiger partial charge is 0.384 e. The molecule has 1 rings (SSSR count). The van der Waals surface area contributed by atoms with Crippen LogP contribution in [0.3, 0.4) is 0 Å². The number of methoxy groups -OCH3 is 1. The van der Waals surface area contributed by atoms with E-state index in [0.717, 1.165) is 0 Å². The Bertz CT molecular complexity index is 407. The predicted molar refractivity (Wildman–Crippen MR) is 54.7 cm³/mol. The van der Waals surface area contributed by atoms with Crippen LogP contribution in [0.1, 0.15) is 0 Å². The number of benzene rings is 1. The quantitative estimate of drug-likeness (QED) is 0.452. The Morgan fingerprint density at radius 2 is 2.40 bits per heavy atom. The van der Waals surface area contributed by atoms with Crippen molar-refractivity contribution >= 4 is 11.7 Å². The molecular formula is C11H10FNO2. The maximum atomic E-state index is 12.7. The molecule has 0 aliphatic rings. The summed E-state index contributed by atoms with van der Waals surface area (Å²) in [6.07, 6.45) is 0. The topological polar surface area (TPSA) is 38.3 Å². The van der Waals surface area contributed by atoms with Crippen LogP contribution < -0.4 is 5.32 Å². The van der Waals surface area contributed by atoms with Gasteiger partial charge in [-0.25, -0.2) is 9.18 Å². The predicted octanol–water partition coefficient (Wildman–Crippen LogP) is 1.41. The Hall–Kier alpha value is -2.02. The minimum Gasteiger partial charge on any atom is -0.459 e. The molecule has 0 aliphatic heterocycles. The number of rotatable bonds is 2. The van der Waals surface area contributed by atoms with Crippen LogP contribution in [-0.2, 0) is 9.53 Å². The van der Waals surface area contributed by atoms with Crippen molar-refractivity contribution in [3.05, 3.63) is 30.1 Å². The van der Waals surface area contributed by atoms with Gasteiger partial charge < -0.3 is 10.1 Å². The van der Waals surface area contributed by atoms with E-state index in [1.807, 2.05) is 0 Å². The first kappa shape index (κ1) is 11.1. The SMILES string of the molecule is COC(=O)C#CCNc1cccc(F)c1. The van der Waals surface area contributed by atoms with Crippen LogP contribution in [0.2, 0.25) is 0 Å². The number of anilines is 1. The third-order valence-electron chi connectivity index (χ3n) is 1.58. The summed E-state index contributed by atoms with van der Waals surface area (Å²) >= 11 is 0. The molecule has 0 spiro atoms. The van der Waals surface area contributed by atoms with Gasteiger partial charge in [0.05, 0.1) is 13.7 Å². The van der Waals surface area contributed by atoms with Crippen LogP contribution in [0.25, 0.3) is 0 Å². The molecule has 0 atom stereocenters. The van der Waals surface area contributed by atoms with Crippen molar-refractivity contribution in [2.24, 2.45) is 0 Å². The van der Waals surface area contributed by atoms with E-state index < -0.39 is 5.97 Å². The summed E-state index contributed by atoms with van der Waals surface area (Å²) in [5.74, 6) is 3.89. The average Bonchev–Trinajstić information content (AvgIpc) is 2.24. The van der Waals surface area contributed by atoms with Crippen molar-refractivity contribution in [2.45, 2.75) is 0 Å². The first-order chi connectivity index (χ1) is 7.22. The van der Waals surface area contributed by atoms with E-state index in [0.29, 0.717) is 5.69 Å². The number of halogens is 1. The van der Waals surface area contributed by atoms with Gasteiger partial charge in [0, 0.05) is 11.6 Å². The zero-order valence-electron chi connectivity index (χ0n) is 8.21. The highest BCUT2D eigenvalue weighted by atomic mass is 19.1. The van der Waals surface area contributed by atoms with Gasteiger partial charge >= 0.3 is 5.97 Å². The van der Waals surface area contributed by atoms with Gasteiger partial charge in [-0.05, 0) is 18.2 Å². The summed E-state index contributed by atoms with van der Waals surface area (Å²) in [6, 6.07) is 6.00. The lowest BCUT2D eigenvalue weighted by molar-refractivity contribution is -0.133. The van der Waals surface area contributed by atoms with Crippen molar-refractivity contribution in [1.82, 2.24) is 0 Å². The minimum absolute atomic E-state index is 0.262. The second kappa shape index (κ2) is 5.66. The van der Waals surface area contributed by atoms with E-state index in [9.17, 15) is 9.18 Å². The lowest BCUT2D eigenvalue weighted by Crippen LogP contribution is -2.01. The summed E-state index contributed by atoms with van der Waals surface area (Å²) in [7, 11) is 1.26. The van der Waals surface area contributed by atoms with E-state index in [2.05, 4.69) is 21.9 Å². The molecule has 1 aromatic rings. The Labute approximate surface area is 87.2 Å². The highest BCUT2D eigenvalue weighted by Gasteiger charge is 1.92. The summed E-state index contributed by atoms with van der Waals surface area (Å²) in [5, 5.41) is 2.84. The fourth-order valence-electron chi connectivity index (χ4n) is 0.912. The van der Waals surface area contributed by atoms with Gasteiger partial charge in [-0.3, -0.25) is 0 Å². The molecule has 0 bridgehead atoms. The van der Waals surface area contributed by atoms with Crippen molar-refractivity contribution in [2.75, 3.05) is 19.0 Å². The Morgan fingerprint density at radius 1 is 1.60 bits per heavy atom. The molecule has 0 amide bonds. The van der Waals surface area contributed by atoms with Crippen LogP contribution in [0.5, 0.6) is 0 Å². The first-order valence-electron chi connectivity index (χ1n) is 4.28. The van der Waals surface area contributed by atoms with E-state index in [-0.39, 0.29) is 12.4 Å². The van der Waals surface area contributed by atoms with Gasteiger partial charge in [-0.1, -0.05) is 12.0 Å². The largest absolute Gasteiger partial charge is 0.459 e. The number of ether oxygens (including phenoxy) is 1. The minimum atomic E-state index is -0.587. The van der Waals surface area contributed by atoms with Gasteiger partial charge in [0.15, 0.2) is 0 Å². The van der Waals surface area contributed by atoms with Crippen molar-refractivity contribution in [3.8, 4) is 11.8 Å².